The zero-order chi connectivity index (χ0) is 23.5. The smallest absolute Gasteiger partial charge is 0.254 e. The van der Waals surface area contributed by atoms with Crippen LogP contribution in [0.3, 0.4) is 0 Å². The third-order valence-electron chi connectivity index (χ3n) is 5.61. The molecule has 33 heavy (non-hydrogen) atoms. The summed E-state index contributed by atoms with van der Waals surface area (Å²) >= 11 is 0. The van der Waals surface area contributed by atoms with Crippen molar-refractivity contribution in [2.75, 3.05) is 0 Å². The van der Waals surface area contributed by atoms with Crippen molar-refractivity contribution in [2.45, 2.75) is 39.5 Å². The highest BCUT2D eigenvalue weighted by molar-refractivity contribution is 6.08. The van der Waals surface area contributed by atoms with Crippen molar-refractivity contribution in [3.8, 4) is 0 Å². The van der Waals surface area contributed by atoms with E-state index in [1.807, 2.05) is 44.2 Å². The van der Waals surface area contributed by atoms with Gasteiger partial charge in [0.15, 0.2) is 11.6 Å². The first-order chi connectivity index (χ1) is 15.9. The molecule has 2 aromatic carbocycles. The van der Waals surface area contributed by atoms with Crippen LogP contribution in [0, 0.1) is 11.6 Å². The molecule has 5 nitrogen and oxygen atoms in total. The number of aliphatic hydroxyl groups excluding tert-OH is 1. The predicted octanol–water partition coefficient (Wildman–Crippen LogP) is 4.91. The number of fused-ring (bicyclic) bond motifs is 1. The molecular weight excluding hydrogens is 424 g/mol. The van der Waals surface area contributed by atoms with E-state index in [0.29, 0.717) is 17.7 Å². The van der Waals surface area contributed by atoms with Gasteiger partial charge in [-0.1, -0.05) is 38.1 Å². The molecule has 0 bridgehead atoms. The summed E-state index contributed by atoms with van der Waals surface area (Å²) in [5.41, 5.74) is 4.25. The molecular formula is C26H25F2N3O2. The Bertz CT molecular complexity index is 1300. The second-order valence-electron chi connectivity index (χ2n) is 8.26. The van der Waals surface area contributed by atoms with E-state index in [-0.39, 0.29) is 25.0 Å². The summed E-state index contributed by atoms with van der Waals surface area (Å²) in [5.74, 6) is -2.16. The Kier molecular flexibility index (Phi) is 6.51. The maximum absolute atomic E-state index is 13.6. The van der Waals surface area contributed by atoms with Crippen molar-refractivity contribution in [3.05, 3.63) is 101 Å². The Morgan fingerprint density at radius 3 is 2.52 bits per heavy atom. The summed E-state index contributed by atoms with van der Waals surface area (Å²) in [4.78, 5) is 17.8. The van der Waals surface area contributed by atoms with Crippen LogP contribution in [0.5, 0.6) is 0 Å². The SMILES string of the molecule is CC(C)c1c(C(=O)NCc2ccc(F)c(F)c2)c2ccc(CO)cc2n1Cc1ccccn1. The fraction of sp³-hybridized carbons (Fsp3) is 0.231. The van der Waals surface area contributed by atoms with Gasteiger partial charge in [0.2, 0.25) is 0 Å². The van der Waals surface area contributed by atoms with E-state index in [2.05, 4.69) is 14.9 Å². The number of benzene rings is 2. The van der Waals surface area contributed by atoms with Crippen LogP contribution in [0.25, 0.3) is 10.9 Å². The van der Waals surface area contributed by atoms with Crippen LogP contribution in [-0.4, -0.2) is 20.6 Å². The standard InChI is InChI=1S/C26H25F2N3O2/c1-16(2)25-24(26(33)30-13-17-7-9-21(27)22(28)11-17)20-8-6-18(15-32)12-23(20)31(25)14-19-5-3-4-10-29-19/h3-12,16,32H,13-15H2,1-2H3,(H,30,33). The molecule has 0 aliphatic heterocycles. The van der Waals surface area contributed by atoms with Crippen LogP contribution in [0.1, 0.15) is 52.6 Å². The molecule has 0 fully saturated rings. The van der Waals surface area contributed by atoms with Crippen LogP contribution < -0.4 is 5.32 Å². The number of pyridine rings is 1. The van der Waals surface area contributed by atoms with Gasteiger partial charge in [0.25, 0.3) is 5.91 Å². The molecule has 1 amide bonds. The third-order valence-corrected chi connectivity index (χ3v) is 5.61. The van der Waals surface area contributed by atoms with Gasteiger partial charge in [-0.2, -0.15) is 0 Å². The maximum atomic E-state index is 13.6. The van der Waals surface area contributed by atoms with Crippen molar-refractivity contribution in [1.29, 1.82) is 0 Å². The number of nitrogens with zero attached hydrogens (tertiary/aromatic N) is 2. The van der Waals surface area contributed by atoms with Gasteiger partial charge in [0.05, 0.1) is 24.4 Å². The van der Waals surface area contributed by atoms with Gasteiger partial charge >= 0.3 is 0 Å². The predicted molar refractivity (Wildman–Crippen MR) is 123 cm³/mol. The minimum Gasteiger partial charge on any atom is -0.392 e. The number of carbonyl (C=O) groups excluding carboxylic acids is 1. The number of rotatable bonds is 7. The Balaban J connectivity index is 1.78. The van der Waals surface area contributed by atoms with Crippen LogP contribution in [0.2, 0.25) is 0 Å². The first-order valence-electron chi connectivity index (χ1n) is 10.8. The lowest BCUT2D eigenvalue weighted by atomic mass is 10.0. The second-order valence-corrected chi connectivity index (χ2v) is 8.26. The van der Waals surface area contributed by atoms with E-state index in [9.17, 15) is 18.7 Å². The summed E-state index contributed by atoms with van der Waals surface area (Å²) in [7, 11) is 0. The average Bonchev–Trinajstić information content (AvgIpc) is 3.14. The summed E-state index contributed by atoms with van der Waals surface area (Å²) in [5, 5.41) is 13.3. The third kappa shape index (κ3) is 4.64. The molecule has 170 valence electrons. The zero-order valence-corrected chi connectivity index (χ0v) is 18.5. The zero-order valence-electron chi connectivity index (χ0n) is 18.5. The van der Waals surface area contributed by atoms with Crippen molar-refractivity contribution >= 4 is 16.8 Å². The second kappa shape index (κ2) is 9.50. The number of amides is 1. The van der Waals surface area contributed by atoms with Crippen LogP contribution in [-0.2, 0) is 19.7 Å². The van der Waals surface area contributed by atoms with E-state index in [1.165, 1.54) is 6.07 Å². The number of halogens is 2. The monoisotopic (exact) mass is 449 g/mol. The summed E-state index contributed by atoms with van der Waals surface area (Å²) < 4.78 is 28.9. The highest BCUT2D eigenvalue weighted by Gasteiger charge is 2.25. The first kappa shape index (κ1) is 22.6. The fourth-order valence-corrected chi connectivity index (χ4v) is 4.10. The topological polar surface area (TPSA) is 67.2 Å². The van der Waals surface area contributed by atoms with Gasteiger partial charge in [0, 0.05) is 29.3 Å². The van der Waals surface area contributed by atoms with Crippen molar-refractivity contribution in [3.63, 3.8) is 0 Å². The summed E-state index contributed by atoms with van der Waals surface area (Å²) in [6, 6.07) is 14.8. The number of carbonyl (C=O) groups is 1. The average molecular weight is 450 g/mol. The molecule has 0 unspecified atom stereocenters. The van der Waals surface area contributed by atoms with E-state index in [4.69, 9.17) is 0 Å². The lowest BCUT2D eigenvalue weighted by molar-refractivity contribution is 0.0951. The molecule has 0 radical (unpaired) electrons. The lowest BCUT2D eigenvalue weighted by Gasteiger charge is -2.15. The van der Waals surface area contributed by atoms with Crippen molar-refractivity contribution in [1.82, 2.24) is 14.9 Å². The Morgan fingerprint density at radius 2 is 1.85 bits per heavy atom. The van der Waals surface area contributed by atoms with Gasteiger partial charge in [-0.15, -0.1) is 0 Å². The quantitative estimate of drug-likeness (QED) is 0.421. The van der Waals surface area contributed by atoms with Gasteiger partial charge in [-0.05, 0) is 47.4 Å². The van der Waals surface area contributed by atoms with Crippen molar-refractivity contribution in [2.24, 2.45) is 0 Å². The van der Waals surface area contributed by atoms with E-state index >= 15 is 0 Å². The van der Waals surface area contributed by atoms with Gasteiger partial charge in [-0.3, -0.25) is 9.78 Å². The lowest BCUT2D eigenvalue weighted by Crippen LogP contribution is -2.24. The van der Waals surface area contributed by atoms with E-state index in [1.54, 1.807) is 12.3 Å². The van der Waals surface area contributed by atoms with Gasteiger partial charge < -0.3 is 15.0 Å². The minimum atomic E-state index is -0.951. The molecule has 0 saturated heterocycles. The maximum Gasteiger partial charge on any atom is 0.254 e. The number of hydrogen-bond acceptors (Lipinski definition) is 3. The number of nitrogens with one attached hydrogen (secondary N) is 1. The molecule has 0 atom stereocenters. The Hall–Kier alpha value is -3.58. The van der Waals surface area contributed by atoms with Crippen LogP contribution >= 0.6 is 0 Å². The van der Waals surface area contributed by atoms with Crippen LogP contribution in [0.4, 0.5) is 8.78 Å². The highest BCUT2D eigenvalue weighted by Crippen LogP contribution is 2.33. The molecule has 2 N–H and O–H groups in total. The number of aromatic nitrogens is 2. The molecule has 4 aromatic rings. The molecule has 4 rings (SSSR count). The fourth-order valence-electron chi connectivity index (χ4n) is 4.10. The van der Waals surface area contributed by atoms with E-state index < -0.39 is 11.6 Å². The van der Waals surface area contributed by atoms with Crippen LogP contribution in [0.15, 0.2) is 60.8 Å². The summed E-state index contributed by atoms with van der Waals surface area (Å²) in [6.07, 6.45) is 1.73. The molecule has 2 aromatic heterocycles. The molecule has 7 heteroatoms. The number of hydrogen-bond donors (Lipinski definition) is 2. The van der Waals surface area contributed by atoms with E-state index in [0.717, 1.165) is 40.0 Å². The van der Waals surface area contributed by atoms with Gasteiger partial charge in [0.1, 0.15) is 0 Å². The molecule has 2 heterocycles. The normalized spacial score (nSPS) is 11.3. The Morgan fingerprint density at radius 1 is 1.06 bits per heavy atom. The van der Waals surface area contributed by atoms with Gasteiger partial charge in [-0.25, -0.2) is 8.78 Å². The summed E-state index contributed by atoms with van der Waals surface area (Å²) in [6.45, 7) is 4.45. The first-order valence-corrected chi connectivity index (χ1v) is 10.8. The molecule has 0 saturated carbocycles. The molecule has 0 aliphatic carbocycles. The molecule has 0 aliphatic rings. The minimum absolute atomic E-state index is 0.0164. The highest BCUT2D eigenvalue weighted by atomic mass is 19.2. The number of aliphatic hydroxyl groups is 1. The molecule has 0 spiro atoms. The Labute approximate surface area is 190 Å². The van der Waals surface area contributed by atoms with Crippen molar-refractivity contribution < 1.29 is 18.7 Å². The largest absolute Gasteiger partial charge is 0.392 e.